The lowest BCUT2D eigenvalue weighted by Gasteiger charge is -2.19. The van der Waals surface area contributed by atoms with Crippen molar-refractivity contribution >= 4 is 11.6 Å². The smallest absolute Gasteiger partial charge is 0.128 e. The highest BCUT2D eigenvalue weighted by molar-refractivity contribution is 6.31. The molecule has 0 spiro atoms. The Morgan fingerprint density at radius 1 is 1.18 bits per heavy atom. The Hall–Kier alpha value is -1.78. The molecule has 2 N–H and O–H groups in total. The number of methoxy groups -OCH3 is 2. The molecule has 0 aliphatic rings. The van der Waals surface area contributed by atoms with Crippen LogP contribution in [0.1, 0.15) is 17.0 Å². The van der Waals surface area contributed by atoms with Crippen molar-refractivity contribution in [3.8, 4) is 11.5 Å². The predicted molar refractivity (Wildman–Crippen MR) is 86.5 cm³/mol. The summed E-state index contributed by atoms with van der Waals surface area (Å²) in [5.41, 5.74) is 7.22. The molecule has 2 aromatic carbocycles. The minimum Gasteiger partial charge on any atom is -0.497 e. The van der Waals surface area contributed by atoms with E-state index in [1.54, 1.807) is 32.4 Å². The summed E-state index contributed by atoms with van der Waals surface area (Å²) < 4.78 is 24.7. The van der Waals surface area contributed by atoms with Gasteiger partial charge in [-0.3, -0.25) is 0 Å². The summed E-state index contributed by atoms with van der Waals surface area (Å²) in [6, 6.07) is 10.2. The van der Waals surface area contributed by atoms with Gasteiger partial charge in [-0.05, 0) is 36.7 Å². The molecule has 0 saturated carbocycles. The third-order valence-corrected chi connectivity index (χ3v) is 3.98. The zero-order valence-electron chi connectivity index (χ0n) is 12.6. The van der Waals surface area contributed by atoms with Crippen molar-refractivity contribution < 1.29 is 13.9 Å². The van der Waals surface area contributed by atoms with E-state index in [9.17, 15) is 4.39 Å². The summed E-state index contributed by atoms with van der Waals surface area (Å²) in [7, 11) is 3.18. The molecular formula is C17H19ClFNO2. The minimum absolute atomic E-state index is 0.226. The Morgan fingerprint density at radius 2 is 1.95 bits per heavy atom. The molecule has 5 heteroatoms. The summed E-state index contributed by atoms with van der Waals surface area (Å²) in [5.74, 6) is 0.825. The monoisotopic (exact) mass is 323 g/mol. The van der Waals surface area contributed by atoms with Gasteiger partial charge in [0.15, 0.2) is 0 Å². The van der Waals surface area contributed by atoms with Gasteiger partial charge in [0, 0.05) is 22.6 Å². The first-order chi connectivity index (χ1) is 10.6. The number of ether oxygens (including phenoxy) is 2. The van der Waals surface area contributed by atoms with Gasteiger partial charge in [0.1, 0.15) is 17.3 Å². The molecule has 0 bridgehead atoms. The van der Waals surface area contributed by atoms with Crippen LogP contribution in [0.2, 0.25) is 5.02 Å². The summed E-state index contributed by atoms with van der Waals surface area (Å²) >= 11 is 6.14. The topological polar surface area (TPSA) is 44.5 Å². The van der Waals surface area contributed by atoms with Gasteiger partial charge in [-0.25, -0.2) is 4.39 Å². The normalized spacial score (nSPS) is 12.0. The number of hydrogen-bond donors (Lipinski definition) is 1. The first-order valence-corrected chi connectivity index (χ1v) is 7.33. The van der Waals surface area contributed by atoms with Crippen LogP contribution in [0, 0.1) is 5.82 Å². The number of benzene rings is 2. The van der Waals surface area contributed by atoms with Crippen molar-refractivity contribution in [1.82, 2.24) is 0 Å². The number of nitrogens with two attached hydrogens (primary N) is 1. The van der Waals surface area contributed by atoms with Gasteiger partial charge in [-0.2, -0.15) is 0 Å². The van der Waals surface area contributed by atoms with Gasteiger partial charge in [-0.15, -0.1) is 0 Å². The largest absolute Gasteiger partial charge is 0.497 e. The summed E-state index contributed by atoms with van der Waals surface area (Å²) in [4.78, 5) is 0. The fourth-order valence-electron chi connectivity index (χ4n) is 2.49. The molecule has 22 heavy (non-hydrogen) atoms. The number of rotatable bonds is 6. The molecule has 0 amide bonds. The van der Waals surface area contributed by atoms with Gasteiger partial charge in [0.05, 0.1) is 14.2 Å². The van der Waals surface area contributed by atoms with E-state index in [1.165, 1.54) is 6.07 Å². The van der Waals surface area contributed by atoms with E-state index in [0.29, 0.717) is 28.5 Å². The second-order valence-corrected chi connectivity index (χ2v) is 5.36. The maximum atomic E-state index is 14.1. The van der Waals surface area contributed by atoms with Crippen molar-refractivity contribution in [3.05, 3.63) is 58.4 Å². The van der Waals surface area contributed by atoms with E-state index >= 15 is 0 Å². The Balaban J connectivity index is 2.35. The highest BCUT2D eigenvalue weighted by Crippen LogP contribution is 2.33. The van der Waals surface area contributed by atoms with Crippen LogP contribution in [-0.4, -0.2) is 20.8 Å². The average molecular weight is 324 g/mol. The second-order valence-electron chi connectivity index (χ2n) is 4.95. The zero-order chi connectivity index (χ0) is 16.1. The Kier molecular flexibility index (Phi) is 5.63. The van der Waals surface area contributed by atoms with E-state index in [2.05, 4.69) is 0 Å². The van der Waals surface area contributed by atoms with Gasteiger partial charge < -0.3 is 15.2 Å². The lowest BCUT2D eigenvalue weighted by Crippen LogP contribution is -2.17. The average Bonchev–Trinajstić information content (AvgIpc) is 2.53. The molecule has 1 atom stereocenters. The molecule has 0 saturated heterocycles. The van der Waals surface area contributed by atoms with Crippen LogP contribution in [0.3, 0.4) is 0 Å². The van der Waals surface area contributed by atoms with Crippen molar-refractivity contribution in [1.29, 1.82) is 0 Å². The lowest BCUT2D eigenvalue weighted by atomic mass is 9.91. The fourth-order valence-corrected chi connectivity index (χ4v) is 2.81. The second kappa shape index (κ2) is 7.47. The van der Waals surface area contributed by atoms with E-state index in [1.807, 2.05) is 12.1 Å². The maximum Gasteiger partial charge on any atom is 0.128 e. The van der Waals surface area contributed by atoms with Crippen LogP contribution in [-0.2, 0) is 6.42 Å². The molecule has 0 aliphatic carbocycles. The lowest BCUT2D eigenvalue weighted by molar-refractivity contribution is 0.390. The van der Waals surface area contributed by atoms with Crippen molar-refractivity contribution in [2.75, 3.05) is 20.8 Å². The molecular weight excluding hydrogens is 305 g/mol. The standard InChI is InChI=1S/C17H19ClFNO2/c1-21-13-7-6-11(16(9-13)22-2)8-12(10-20)17-14(18)4-3-5-15(17)19/h3-7,9,12H,8,10,20H2,1-2H3. The third-order valence-electron chi connectivity index (χ3n) is 3.65. The molecule has 0 heterocycles. The molecule has 2 rings (SSSR count). The molecule has 0 aromatic heterocycles. The maximum absolute atomic E-state index is 14.1. The van der Waals surface area contributed by atoms with Gasteiger partial charge in [-0.1, -0.05) is 23.7 Å². The molecule has 2 aromatic rings. The van der Waals surface area contributed by atoms with Crippen molar-refractivity contribution in [2.24, 2.45) is 5.73 Å². The minimum atomic E-state index is -0.338. The van der Waals surface area contributed by atoms with Crippen LogP contribution >= 0.6 is 11.6 Å². The SMILES string of the molecule is COc1ccc(CC(CN)c2c(F)cccc2Cl)c(OC)c1. The summed E-state index contributed by atoms with van der Waals surface area (Å²) in [6.07, 6.45) is 0.532. The van der Waals surface area contributed by atoms with E-state index in [-0.39, 0.29) is 18.3 Å². The van der Waals surface area contributed by atoms with Gasteiger partial charge in [0.2, 0.25) is 0 Å². The van der Waals surface area contributed by atoms with Crippen LogP contribution in [0.25, 0.3) is 0 Å². The molecule has 0 radical (unpaired) electrons. The fraction of sp³-hybridized carbons (Fsp3) is 0.294. The highest BCUT2D eigenvalue weighted by Gasteiger charge is 2.20. The highest BCUT2D eigenvalue weighted by atomic mass is 35.5. The molecule has 1 unspecified atom stereocenters. The van der Waals surface area contributed by atoms with E-state index < -0.39 is 0 Å². The van der Waals surface area contributed by atoms with Crippen LogP contribution in [0.4, 0.5) is 4.39 Å². The van der Waals surface area contributed by atoms with Crippen LogP contribution in [0.15, 0.2) is 36.4 Å². The van der Waals surface area contributed by atoms with Crippen molar-refractivity contribution in [3.63, 3.8) is 0 Å². The predicted octanol–water partition coefficient (Wildman–Crippen LogP) is 3.78. The third kappa shape index (κ3) is 3.51. The van der Waals surface area contributed by atoms with Crippen LogP contribution in [0.5, 0.6) is 11.5 Å². The van der Waals surface area contributed by atoms with Crippen LogP contribution < -0.4 is 15.2 Å². The Morgan fingerprint density at radius 3 is 2.55 bits per heavy atom. The van der Waals surface area contributed by atoms with E-state index in [4.69, 9.17) is 26.8 Å². The molecule has 0 aliphatic heterocycles. The first kappa shape index (κ1) is 16.6. The molecule has 3 nitrogen and oxygen atoms in total. The van der Waals surface area contributed by atoms with E-state index in [0.717, 1.165) is 5.56 Å². The zero-order valence-corrected chi connectivity index (χ0v) is 13.4. The van der Waals surface area contributed by atoms with Gasteiger partial charge >= 0.3 is 0 Å². The number of halogens is 2. The Bertz CT molecular complexity index is 628. The molecule has 0 fully saturated rings. The molecule has 118 valence electrons. The number of hydrogen-bond acceptors (Lipinski definition) is 3. The summed E-state index contributed by atoms with van der Waals surface area (Å²) in [6.45, 7) is 0.288. The van der Waals surface area contributed by atoms with Crippen molar-refractivity contribution in [2.45, 2.75) is 12.3 Å². The quantitative estimate of drug-likeness (QED) is 0.880. The first-order valence-electron chi connectivity index (χ1n) is 6.95. The summed E-state index contributed by atoms with van der Waals surface area (Å²) in [5, 5.41) is 0.392. The van der Waals surface area contributed by atoms with Gasteiger partial charge in [0.25, 0.3) is 0 Å². The Labute approximate surface area is 134 Å².